The predicted octanol–water partition coefficient (Wildman–Crippen LogP) is 3.85. The van der Waals surface area contributed by atoms with Gasteiger partial charge >= 0.3 is 12.3 Å². The van der Waals surface area contributed by atoms with Crippen LogP contribution in [0.2, 0.25) is 0 Å². The maximum absolute atomic E-state index is 12.5. The highest BCUT2D eigenvalue weighted by Crippen LogP contribution is 2.34. The summed E-state index contributed by atoms with van der Waals surface area (Å²) in [6.45, 7) is -1.05. The number of carbonyl (C=O) groups excluding carboxylic acids is 1. The third-order valence-electron chi connectivity index (χ3n) is 4.02. The number of fused-ring (bicyclic) bond motifs is 1. The summed E-state index contributed by atoms with van der Waals surface area (Å²) in [4.78, 5) is 23.4. The van der Waals surface area contributed by atoms with E-state index in [-0.39, 0.29) is 5.91 Å². The maximum Gasteiger partial charge on any atom is 0.387 e. The van der Waals surface area contributed by atoms with Gasteiger partial charge in [0.05, 0.1) is 4.92 Å². The van der Waals surface area contributed by atoms with Crippen LogP contribution in [0.5, 0.6) is 5.75 Å². The molecule has 0 atom stereocenters. The van der Waals surface area contributed by atoms with E-state index in [9.17, 15) is 23.7 Å². The van der Waals surface area contributed by atoms with Crippen LogP contribution in [0.3, 0.4) is 0 Å². The van der Waals surface area contributed by atoms with Gasteiger partial charge in [0, 0.05) is 42.7 Å². The Hall–Kier alpha value is -3.23. The number of nitrogens with one attached hydrogen (secondary N) is 1. The number of anilines is 3. The quantitative estimate of drug-likeness (QED) is 0.644. The third kappa shape index (κ3) is 3.56. The molecule has 1 amide bonds. The molecule has 0 saturated carbocycles. The van der Waals surface area contributed by atoms with E-state index in [1.54, 1.807) is 17.0 Å². The summed E-state index contributed by atoms with van der Waals surface area (Å²) in [6.07, 6.45) is 0.713. The first-order valence-electron chi connectivity index (χ1n) is 7.76. The smallest absolute Gasteiger partial charge is 0.387 e. The van der Waals surface area contributed by atoms with Crippen molar-refractivity contribution in [3.63, 3.8) is 0 Å². The van der Waals surface area contributed by atoms with Gasteiger partial charge in [-0.1, -0.05) is 0 Å². The number of nitro groups is 1. The lowest BCUT2D eigenvalue weighted by atomic mass is 10.1. The molecule has 0 bridgehead atoms. The van der Waals surface area contributed by atoms with Crippen LogP contribution in [0.15, 0.2) is 36.4 Å². The third-order valence-corrected chi connectivity index (χ3v) is 4.02. The van der Waals surface area contributed by atoms with Crippen molar-refractivity contribution in [3.8, 4) is 5.75 Å². The van der Waals surface area contributed by atoms with Crippen molar-refractivity contribution in [1.82, 2.24) is 0 Å². The molecule has 1 aliphatic heterocycles. The van der Waals surface area contributed by atoms with Crippen molar-refractivity contribution in [2.45, 2.75) is 20.0 Å². The summed E-state index contributed by atoms with van der Waals surface area (Å²) in [7, 11) is 0. The van der Waals surface area contributed by atoms with Gasteiger partial charge in [-0.3, -0.25) is 14.9 Å². The number of halogens is 2. The summed E-state index contributed by atoms with van der Waals surface area (Å²) in [5.74, 6) is -0.549. The Labute approximate surface area is 147 Å². The molecule has 136 valence electrons. The molecule has 2 aromatic rings. The van der Waals surface area contributed by atoms with Crippen LogP contribution < -0.4 is 15.0 Å². The minimum absolute atomic E-state index is 0.0337. The highest BCUT2D eigenvalue weighted by Gasteiger charge is 2.23. The molecule has 0 spiro atoms. The van der Waals surface area contributed by atoms with Gasteiger partial charge in [-0.05, 0) is 36.2 Å². The minimum Gasteiger partial charge on any atom is -0.427 e. The summed E-state index contributed by atoms with van der Waals surface area (Å²) >= 11 is 0. The number of hydrogen-bond donors (Lipinski definition) is 1. The molecule has 0 aromatic heterocycles. The minimum atomic E-state index is -3.17. The Balaban J connectivity index is 1.85. The zero-order valence-electron chi connectivity index (χ0n) is 13.7. The Kier molecular flexibility index (Phi) is 4.70. The topological polar surface area (TPSA) is 84.7 Å². The molecule has 1 N–H and O–H groups in total. The predicted molar refractivity (Wildman–Crippen MR) is 91.2 cm³/mol. The van der Waals surface area contributed by atoms with Gasteiger partial charge in [0.25, 0.3) is 0 Å². The van der Waals surface area contributed by atoms with E-state index in [2.05, 4.69) is 10.1 Å². The molecular formula is C17H15F2N3O4. The first kappa shape index (κ1) is 17.6. The number of alkyl halides is 2. The van der Waals surface area contributed by atoms with E-state index in [0.29, 0.717) is 24.3 Å². The molecule has 7 nitrogen and oxygen atoms in total. The van der Waals surface area contributed by atoms with E-state index < -0.39 is 23.0 Å². The van der Waals surface area contributed by atoms with Crippen molar-refractivity contribution in [1.29, 1.82) is 0 Å². The van der Waals surface area contributed by atoms with Crippen LogP contribution in [0.1, 0.15) is 12.5 Å². The second kappa shape index (κ2) is 6.95. The molecule has 9 heteroatoms. The van der Waals surface area contributed by atoms with Crippen molar-refractivity contribution in [2.24, 2.45) is 0 Å². The molecule has 26 heavy (non-hydrogen) atoms. The summed E-state index contributed by atoms with van der Waals surface area (Å²) in [6, 6.07) is 9.06. The molecule has 1 aliphatic rings. The SMILES string of the molecule is CC(=O)N1CCc2cc(Nc3ccc([N+](=O)[O-])c(OC(F)F)c3)ccc21. The summed E-state index contributed by atoms with van der Waals surface area (Å²) in [5.41, 5.74) is 2.32. The van der Waals surface area contributed by atoms with E-state index in [1.165, 1.54) is 13.0 Å². The van der Waals surface area contributed by atoms with Crippen LogP contribution in [-0.4, -0.2) is 24.0 Å². The number of rotatable bonds is 5. The van der Waals surface area contributed by atoms with Crippen LogP contribution in [0.4, 0.5) is 31.5 Å². The first-order valence-corrected chi connectivity index (χ1v) is 7.76. The molecule has 0 aliphatic carbocycles. The molecule has 3 rings (SSSR count). The van der Waals surface area contributed by atoms with Gasteiger partial charge in [-0.15, -0.1) is 0 Å². The highest BCUT2D eigenvalue weighted by atomic mass is 19.3. The van der Waals surface area contributed by atoms with Gasteiger partial charge < -0.3 is 15.0 Å². The lowest BCUT2D eigenvalue weighted by molar-refractivity contribution is -0.386. The van der Waals surface area contributed by atoms with Crippen molar-refractivity contribution in [2.75, 3.05) is 16.8 Å². The van der Waals surface area contributed by atoms with Crippen molar-refractivity contribution in [3.05, 3.63) is 52.1 Å². The number of amides is 1. The fourth-order valence-corrected chi connectivity index (χ4v) is 2.91. The van der Waals surface area contributed by atoms with Crippen LogP contribution >= 0.6 is 0 Å². The lowest BCUT2D eigenvalue weighted by Gasteiger charge is -2.15. The molecule has 2 aromatic carbocycles. The van der Waals surface area contributed by atoms with Crippen molar-refractivity contribution >= 4 is 28.7 Å². The average molecular weight is 363 g/mol. The standard InChI is InChI=1S/C17H15F2N3O4/c1-10(23)21-7-6-11-8-12(2-4-14(11)21)20-13-3-5-15(22(24)25)16(9-13)26-17(18)19/h2-5,8-9,17,20H,6-7H2,1H3. The fraction of sp³-hybridized carbons (Fsp3) is 0.235. The Bertz CT molecular complexity index is 873. The number of carbonyl (C=O) groups is 1. The molecule has 0 saturated heterocycles. The lowest BCUT2D eigenvalue weighted by Crippen LogP contribution is -2.25. The largest absolute Gasteiger partial charge is 0.427 e. The second-order valence-corrected chi connectivity index (χ2v) is 5.71. The van der Waals surface area contributed by atoms with E-state index in [1.807, 2.05) is 6.07 Å². The zero-order valence-corrected chi connectivity index (χ0v) is 13.7. The first-order chi connectivity index (χ1) is 12.3. The summed E-state index contributed by atoms with van der Waals surface area (Å²) < 4.78 is 29.2. The molecular weight excluding hydrogens is 348 g/mol. The van der Waals surface area contributed by atoms with Gasteiger partial charge in [0.1, 0.15) is 0 Å². The normalized spacial score (nSPS) is 12.8. The maximum atomic E-state index is 12.5. The molecule has 0 unspecified atom stereocenters. The summed E-state index contributed by atoms with van der Waals surface area (Å²) in [5, 5.41) is 13.9. The monoisotopic (exact) mass is 363 g/mol. The fourth-order valence-electron chi connectivity index (χ4n) is 2.91. The Morgan fingerprint density at radius 2 is 1.96 bits per heavy atom. The Morgan fingerprint density at radius 3 is 2.62 bits per heavy atom. The van der Waals surface area contributed by atoms with Gasteiger partial charge in [-0.2, -0.15) is 8.78 Å². The number of nitro benzene ring substituents is 1. The zero-order chi connectivity index (χ0) is 18.8. The van der Waals surface area contributed by atoms with E-state index in [4.69, 9.17) is 0 Å². The van der Waals surface area contributed by atoms with Gasteiger partial charge in [-0.25, -0.2) is 0 Å². The van der Waals surface area contributed by atoms with Crippen molar-refractivity contribution < 1.29 is 23.2 Å². The van der Waals surface area contributed by atoms with E-state index in [0.717, 1.165) is 23.4 Å². The number of nitrogens with zero attached hydrogens (tertiary/aromatic N) is 2. The second-order valence-electron chi connectivity index (χ2n) is 5.71. The van der Waals surface area contributed by atoms with E-state index >= 15 is 0 Å². The van der Waals surface area contributed by atoms with Crippen LogP contribution in [0.25, 0.3) is 0 Å². The Morgan fingerprint density at radius 1 is 1.27 bits per heavy atom. The number of hydrogen-bond acceptors (Lipinski definition) is 5. The molecule has 0 radical (unpaired) electrons. The average Bonchev–Trinajstić information content (AvgIpc) is 2.97. The highest BCUT2D eigenvalue weighted by molar-refractivity contribution is 5.94. The number of ether oxygens (including phenoxy) is 1. The van der Waals surface area contributed by atoms with Crippen LogP contribution in [0, 0.1) is 10.1 Å². The molecule has 1 heterocycles. The molecule has 0 fully saturated rings. The van der Waals surface area contributed by atoms with Gasteiger partial charge in [0.15, 0.2) is 0 Å². The van der Waals surface area contributed by atoms with Crippen LogP contribution in [-0.2, 0) is 11.2 Å². The van der Waals surface area contributed by atoms with Gasteiger partial charge in [0.2, 0.25) is 11.7 Å². The number of benzene rings is 2.